The lowest BCUT2D eigenvalue weighted by Gasteiger charge is -2.33. The van der Waals surface area contributed by atoms with Gasteiger partial charge in [-0.25, -0.2) is 4.79 Å². The average Bonchev–Trinajstić information content (AvgIpc) is 2.70. The summed E-state index contributed by atoms with van der Waals surface area (Å²) in [5.74, 6) is 1.22. The normalized spacial score (nSPS) is 29.3. The van der Waals surface area contributed by atoms with Crippen molar-refractivity contribution < 1.29 is 13.7 Å². The van der Waals surface area contributed by atoms with Crippen LogP contribution >= 0.6 is 0 Å². The Hall–Kier alpha value is -1.36. The zero-order valence-corrected chi connectivity index (χ0v) is 11.5. The van der Waals surface area contributed by atoms with Crippen LogP contribution in [-0.2, 0) is 22.1 Å². The fraction of sp³-hybridized carbons (Fsp3) is 0.500. The first-order chi connectivity index (χ1) is 9.24. The smallest absolute Gasteiger partial charge is 0.410 e. The lowest BCUT2D eigenvalue weighted by atomic mass is 10.2. The van der Waals surface area contributed by atoms with E-state index in [1.807, 2.05) is 35.2 Å². The summed E-state index contributed by atoms with van der Waals surface area (Å²) in [6.07, 6.45) is 1.65. The van der Waals surface area contributed by atoms with Crippen LogP contribution in [0, 0.1) is 0 Å². The van der Waals surface area contributed by atoms with Crippen molar-refractivity contribution in [2.24, 2.45) is 0 Å². The molecule has 2 bridgehead atoms. The quantitative estimate of drug-likeness (QED) is 0.831. The zero-order chi connectivity index (χ0) is 13.2. The predicted octanol–water partition coefficient (Wildman–Crippen LogP) is 1.92. The molecule has 5 heteroatoms. The van der Waals surface area contributed by atoms with Gasteiger partial charge in [0.15, 0.2) is 0 Å². The van der Waals surface area contributed by atoms with Gasteiger partial charge in [-0.3, -0.25) is 4.21 Å². The molecule has 3 rings (SSSR count). The van der Waals surface area contributed by atoms with E-state index in [4.69, 9.17) is 4.74 Å². The Bertz CT molecular complexity index is 475. The Morgan fingerprint density at radius 1 is 1.21 bits per heavy atom. The molecule has 1 aromatic carbocycles. The summed E-state index contributed by atoms with van der Waals surface area (Å²) in [6, 6.07) is 9.89. The van der Waals surface area contributed by atoms with E-state index in [-0.39, 0.29) is 18.2 Å². The molecule has 1 amide bonds. The van der Waals surface area contributed by atoms with Gasteiger partial charge in [0, 0.05) is 34.4 Å². The average molecular weight is 279 g/mol. The fourth-order valence-electron chi connectivity index (χ4n) is 2.88. The molecule has 2 saturated heterocycles. The lowest BCUT2D eigenvalue weighted by Crippen LogP contribution is -2.50. The number of rotatable bonds is 2. The summed E-state index contributed by atoms with van der Waals surface area (Å²) < 4.78 is 17.0. The Morgan fingerprint density at radius 2 is 1.84 bits per heavy atom. The van der Waals surface area contributed by atoms with Crippen molar-refractivity contribution in [2.75, 3.05) is 11.5 Å². The SMILES string of the molecule is O=C(OCc1ccccc1)N1C2CCC1CS(=O)C2. The van der Waals surface area contributed by atoms with Gasteiger partial charge < -0.3 is 9.64 Å². The molecular formula is C14H17NO3S. The van der Waals surface area contributed by atoms with Crippen molar-refractivity contribution in [1.29, 1.82) is 0 Å². The van der Waals surface area contributed by atoms with E-state index in [9.17, 15) is 9.00 Å². The van der Waals surface area contributed by atoms with Crippen LogP contribution in [0.3, 0.4) is 0 Å². The van der Waals surface area contributed by atoms with Gasteiger partial charge in [-0.2, -0.15) is 0 Å². The summed E-state index contributed by atoms with van der Waals surface area (Å²) in [7, 11) is -0.764. The third-order valence-corrected chi connectivity index (χ3v) is 5.31. The minimum absolute atomic E-state index is 0.114. The molecule has 2 aliphatic rings. The molecule has 0 radical (unpaired) electrons. The Labute approximate surface area is 115 Å². The molecule has 0 aromatic heterocycles. The molecule has 102 valence electrons. The maximum Gasteiger partial charge on any atom is 0.410 e. The maximum atomic E-state index is 12.1. The summed E-state index contributed by atoms with van der Waals surface area (Å²) >= 11 is 0. The monoisotopic (exact) mass is 279 g/mol. The molecule has 1 aromatic rings. The molecule has 0 saturated carbocycles. The largest absolute Gasteiger partial charge is 0.445 e. The van der Waals surface area contributed by atoms with Crippen LogP contribution in [0.4, 0.5) is 4.79 Å². The summed E-state index contributed by atoms with van der Waals surface area (Å²) in [5, 5.41) is 0. The van der Waals surface area contributed by atoms with Crippen molar-refractivity contribution in [3.8, 4) is 0 Å². The van der Waals surface area contributed by atoms with E-state index >= 15 is 0 Å². The van der Waals surface area contributed by atoms with Crippen molar-refractivity contribution >= 4 is 16.9 Å². The van der Waals surface area contributed by atoms with E-state index in [0.717, 1.165) is 18.4 Å². The second-order valence-corrected chi connectivity index (χ2v) is 6.65. The van der Waals surface area contributed by atoms with Crippen LogP contribution in [0.5, 0.6) is 0 Å². The summed E-state index contributed by atoms with van der Waals surface area (Å²) in [4.78, 5) is 14.0. The molecule has 2 fully saturated rings. The Kier molecular flexibility index (Phi) is 3.55. The van der Waals surface area contributed by atoms with Gasteiger partial charge in [-0.15, -0.1) is 0 Å². The number of amides is 1. The first-order valence-corrected chi connectivity index (χ1v) is 8.07. The van der Waals surface area contributed by atoms with E-state index in [1.54, 1.807) is 0 Å². The predicted molar refractivity (Wildman–Crippen MR) is 73.2 cm³/mol. The first kappa shape index (κ1) is 12.7. The van der Waals surface area contributed by atoms with Crippen LogP contribution in [0.2, 0.25) is 0 Å². The number of hydrogen-bond donors (Lipinski definition) is 0. The van der Waals surface area contributed by atoms with Crippen LogP contribution in [0.1, 0.15) is 18.4 Å². The highest BCUT2D eigenvalue weighted by atomic mass is 32.2. The van der Waals surface area contributed by atoms with Crippen molar-refractivity contribution in [1.82, 2.24) is 4.90 Å². The van der Waals surface area contributed by atoms with Gasteiger partial charge in [-0.1, -0.05) is 30.3 Å². The number of carbonyl (C=O) groups is 1. The minimum atomic E-state index is -0.764. The van der Waals surface area contributed by atoms with Gasteiger partial charge in [0.25, 0.3) is 0 Å². The molecule has 2 unspecified atom stereocenters. The Balaban J connectivity index is 1.61. The van der Waals surface area contributed by atoms with Gasteiger partial charge >= 0.3 is 6.09 Å². The van der Waals surface area contributed by atoms with Crippen molar-refractivity contribution in [3.05, 3.63) is 35.9 Å². The number of nitrogens with zero attached hydrogens (tertiary/aromatic N) is 1. The molecule has 0 N–H and O–H groups in total. The van der Waals surface area contributed by atoms with E-state index in [0.29, 0.717) is 18.1 Å². The number of ether oxygens (including phenoxy) is 1. The topological polar surface area (TPSA) is 46.6 Å². The number of hydrogen-bond acceptors (Lipinski definition) is 3. The van der Waals surface area contributed by atoms with Gasteiger partial charge in [0.2, 0.25) is 0 Å². The standard InChI is InChI=1S/C14H17NO3S/c16-14(18-8-11-4-2-1-3-5-11)15-12-6-7-13(15)10-19(17)9-12/h1-5,12-13H,6-10H2. The molecule has 0 aliphatic carbocycles. The second-order valence-electron chi connectivity index (χ2n) is 5.11. The summed E-state index contributed by atoms with van der Waals surface area (Å²) in [6.45, 7) is 0.304. The molecule has 2 aliphatic heterocycles. The third kappa shape index (κ3) is 2.66. The number of carbonyl (C=O) groups excluding carboxylic acids is 1. The lowest BCUT2D eigenvalue weighted by molar-refractivity contribution is 0.0827. The van der Waals surface area contributed by atoms with Gasteiger partial charge in [0.1, 0.15) is 6.61 Å². The fourth-order valence-corrected chi connectivity index (χ4v) is 4.53. The third-order valence-electron chi connectivity index (χ3n) is 3.79. The summed E-state index contributed by atoms with van der Waals surface area (Å²) in [5.41, 5.74) is 0.990. The van der Waals surface area contributed by atoms with E-state index in [2.05, 4.69) is 0 Å². The van der Waals surface area contributed by atoms with Gasteiger partial charge in [-0.05, 0) is 18.4 Å². The van der Waals surface area contributed by atoms with Crippen molar-refractivity contribution in [3.63, 3.8) is 0 Å². The van der Waals surface area contributed by atoms with Gasteiger partial charge in [0.05, 0.1) is 0 Å². The second kappa shape index (κ2) is 5.33. The highest BCUT2D eigenvalue weighted by molar-refractivity contribution is 7.85. The highest BCUT2D eigenvalue weighted by Gasteiger charge is 2.43. The minimum Gasteiger partial charge on any atom is -0.445 e. The molecule has 2 atom stereocenters. The molecule has 19 heavy (non-hydrogen) atoms. The van der Waals surface area contributed by atoms with Crippen LogP contribution in [0.25, 0.3) is 0 Å². The van der Waals surface area contributed by atoms with Crippen LogP contribution < -0.4 is 0 Å². The first-order valence-electron chi connectivity index (χ1n) is 6.58. The number of fused-ring (bicyclic) bond motifs is 2. The van der Waals surface area contributed by atoms with E-state index < -0.39 is 10.8 Å². The highest BCUT2D eigenvalue weighted by Crippen LogP contribution is 2.30. The Morgan fingerprint density at radius 3 is 2.47 bits per heavy atom. The molecular weight excluding hydrogens is 262 g/mol. The zero-order valence-electron chi connectivity index (χ0n) is 10.7. The van der Waals surface area contributed by atoms with Crippen LogP contribution in [-0.4, -0.2) is 38.8 Å². The molecule has 2 heterocycles. The van der Waals surface area contributed by atoms with E-state index in [1.165, 1.54) is 0 Å². The molecule has 4 nitrogen and oxygen atoms in total. The molecule has 0 spiro atoms. The van der Waals surface area contributed by atoms with Crippen LogP contribution in [0.15, 0.2) is 30.3 Å². The maximum absolute atomic E-state index is 12.1. The van der Waals surface area contributed by atoms with Crippen molar-refractivity contribution in [2.45, 2.75) is 31.5 Å². The number of benzene rings is 1.